The van der Waals surface area contributed by atoms with Crippen LogP contribution in [0, 0.1) is 5.41 Å². The van der Waals surface area contributed by atoms with Gasteiger partial charge in [-0.15, -0.1) is 11.3 Å². The topological polar surface area (TPSA) is 50.2 Å². The van der Waals surface area contributed by atoms with Gasteiger partial charge in [-0.3, -0.25) is 4.79 Å². The van der Waals surface area contributed by atoms with Crippen molar-refractivity contribution in [2.45, 2.75) is 24.6 Å². The van der Waals surface area contributed by atoms with Crippen molar-refractivity contribution in [1.29, 1.82) is 0 Å². The quantitative estimate of drug-likeness (QED) is 0.845. The van der Waals surface area contributed by atoms with Gasteiger partial charge >= 0.3 is 5.97 Å². The fourth-order valence-electron chi connectivity index (χ4n) is 1.41. The lowest BCUT2D eigenvalue weighted by atomic mass is 9.91. The maximum Gasteiger partial charge on any atom is 0.309 e. The van der Waals surface area contributed by atoms with Crippen molar-refractivity contribution in [3.63, 3.8) is 0 Å². The van der Waals surface area contributed by atoms with Gasteiger partial charge in [-0.1, -0.05) is 23.9 Å². The van der Waals surface area contributed by atoms with Crippen molar-refractivity contribution in [3.05, 3.63) is 24.3 Å². The Balaban J connectivity index is 1.96. The molecule has 3 nitrogen and oxygen atoms in total. The molecule has 0 radical (unpaired) electrons. The Bertz CT molecular complexity index is 530. The van der Waals surface area contributed by atoms with Gasteiger partial charge in [-0.2, -0.15) is 0 Å². The molecule has 96 valence electrons. The standard InChI is InChI=1S/C13H15NO2S2/c1-13(2,11(15)16)7-8-17-12-14-9-5-3-4-6-10(9)18-12/h3-6H,7-8H2,1-2H3,(H,15,16). The number of carboxylic acid groups (broad SMARTS) is 1. The van der Waals surface area contributed by atoms with Gasteiger partial charge in [0.25, 0.3) is 0 Å². The fraction of sp³-hybridized carbons (Fsp3) is 0.385. The normalized spacial score (nSPS) is 11.9. The average Bonchev–Trinajstić information content (AvgIpc) is 2.70. The molecule has 0 atom stereocenters. The van der Waals surface area contributed by atoms with Gasteiger partial charge in [0.05, 0.1) is 15.6 Å². The molecule has 0 amide bonds. The molecule has 2 rings (SSSR count). The molecule has 1 N–H and O–H groups in total. The highest BCUT2D eigenvalue weighted by Gasteiger charge is 2.26. The number of rotatable bonds is 5. The maximum absolute atomic E-state index is 11.0. The lowest BCUT2D eigenvalue weighted by Gasteiger charge is -2.17. The van der Waals surface area contributed by atoms with Crippen LogP contribution in [-0.2, 0) is 4.79 Å². The number of nitrogens with zero attached hydrogens (tertiary/aromatic N) is 1. The second-order valence-electron chi connectivity index (χ2n) is 4.73. The summed E-state index contributed by atoms with van der Waals surface area (Å²) in [6, 6.07) is 8.03. The number of hydrogen-bond acceptors (Lipinski definition) is 4. The van der Waals surface area contributed by atoms with Gasteiger partial charge in [0.1, 0.15) is 0 Å². The van der Waals surface area contributed by atoms with Crippen LogP contribution in [0.1, 0.15) is 20.3 Å². The molecule has 1 aromatic heterocycles. The summed E-state index contributed by atoms with van der Waals surface area (Å²) in [5.74, 6) is 0.0338. The summed E-state index contributed by atoms with van der Waals surface area (Å²) in [5, 5.41) is 9.03. The van der Waals surface area contributed by atoms with Gasteiger partial charge < -0.3 is 5.11 Å². The van der Waals surface area contributed by atoms with Gasteiger partial charge in [-0.25, -0.2) is 4.98 Å². The van der Waals surface area contributed by atoms with Gasteiger partial charge in [0.15, 0.2) is 4.34 Å². The molecule has 1 aromatic carbocycles. The van der Waals surface area contributed by atoms with Crippen LogP contribution >= 0.6 is 23.1 Å². The Morgan fingerprint density at radius 3 is 2.83 bits per heavy atom. The number of para-hydroxylation sites is 1. The molecular formula is C13H15NO2S2. The molecule has 5 heteroatoms. The minimum Gasteiger partial charge on any atom is -0.481 e. The van der Waals surface area contributed by atoms with Crippen molar-refractivity contribution in [2.24, 2.45) is 5.41 Å². The van der Waals surface area contributed by atoms with Crippen LogP contribution in [0.5, 0.6) is 0 Å². The minimum atomic E-state index is -0.743. The first kappa shape index (κ1) is 13.4. The minimum absolute atomic E-state index is 0.642. The third-order valence-electron chi connectivity index (χ3n) is 2.81. The van der Waals surface area contributed by atoms with E-state index in [1.165, 1.54) is 4.70 Å². The van der Waals surface area contributed by atoms with Crippen LogP contribution in [0.15, 0.2) is 28.6 Å². The molecule has 0 spiro atoms. The molecule has 0 aliphatic rings. The number of carboxylic acids is 1. The Hall–Kier alpha value is -1.07. The van der Waals surface area contributed by atoms with E-state index in [0.29, 0.717) is 6.42 Å². The Morgan fingerprint density at radius 1 is 1.44 bits per heavy atom. The summed E-state index contributed by atoms with van der Waals surface area (Å²) >= 11 is 3.30. The van der Waals surface area contributed by atoms with E-state index in [1.807, 2.05) is 18.2 Å². The summed E-state index contributed by atoms with van der Waals surface area (Å²) in [4.78, 5) is 15.5. The molecule has 0 aliphatic carbocycles. The van der Waals surface area contributed by atoms with Crippen LogP contribution < -0.4 is 0 Å². The highest BCUT2D eigenvalue weighted by molar-refractivity contribution is 8.01. The predicted molar refractivity (Wildman–Crippen MR) is 76.4 cm³/mol. The fourth-order valence-corrected chi connectivity index (χ4v) is 3.82. The molecular weight excluding hydrogens is 266 g/mol. The second kappa shape index (κ2) is 5.28. The lowest BCUT2D eigenvalue weighted by Crippen LogP contribution is -2.24. The van der Waals surface area contributed by atoms with Gasteiger partial charge in [0, 0.05) is 5.75 Å². The Kier molecular flexibility index (Phi) is 3.92. The smallest absolute Gasteiger partial charge is 0.309 e. The van der Waals surface area contributed by atoms with Crippen molar-refractivity contribution in [1.82, 2.24) is 4.98 Å². The van der Waals surface area contributed by atoms with Crippen molar-refractivity contribution in [3.8, 4) is 0 Å². The van der Waals surface area contributed by atoms with Crippen LogP contribution in [0.2, 0.25) is 0 Å². The molecule has 18 heavy (non-hydrogen) atoms. The monoisotopic (exact) mass is 281 g/mol. The molecule has 0 fully saturated rings. The first-order valence-electron chi connectivity index (χ1n) is 5.71. The van der Waals surface area contributed by atoms with E-state index >= 15 is 0 Å². The molecule has 0 saturated heterocycles. The molecule has 0 saturated carbocycles. The van der Waals surface area contributed by atoms with E-state index in [-0.39, 0.29) is 0 Å². The maximum atomic E-state index is 11.0. The van der Waals surface area contributed by atoms with Gasteiger partial charge in [-0.05, 0) is 32.4 Å². The van der Waals surface area contributed by atoms with Crippen LogP contribution in [-0.4, -0.2) is 21.8 Å². The summed E-state index contributed by atoms with van der Waals surface area (Å²) in [7, 11) is 0. The van der Waals surface area contributed by atoms with Crippen LogP contribution in [0.25, 0.3) is 10.2 Å². The summed E-state index contributed by atoms with van der Waals surface area (Å²) < 4.78 is 2.19. The molecule has 2 aromatic rings. The van der Waals surface area contributed by atoms with Gasteiger partial charge in [0.2, 0.25) is 0 Å². The average molecular weight is 281 g/mol. The third-order valence-corrected chi connectivity index (χ3v) is 4.99. The first-order valence-corrected chi connectivity index (χ1v) is 7.51. The Morgan fingerprint density at radius 2 is 2.17 bits per heavy atom. The van der Waals surface area contributed by atoms with E-state index in [1.54, 1.807) is 36.9 Å². The van der Waals surface area contributed by atoms with E-state index in [2.05, 4.69) is 11.1 Å². The largest absolute Gasteiger partial charge is 0.481 e. The number of aromatic nitrogens is 1. The molecule has 0 bridgehead atoms. The zero-order valence-corrected chi connectivity index (χ0v) is 12.0. The van der Waals surface area contributed by atoms with Crippen LogP contribution in [0.4, 0.5) is 0 Å². The lowest BCUT2D eigenvalue weighted by molar-refractivity contribution is -0.146. The first-order chi connectivity index (χ1) is 8.49. The third kappa shape index (κ3) is 3.03. The van der Waals surface area contributed by atoms with Crippen molar-refractivity contribution >= 4 is 39.3 Å². The molecule has 0 unspecified atom stereocenters. The SMILES string of the molecule is CC(C)(CCSc1nc2ccccc2s1)C(=O)O. The summed E-state index contributed by atoms with van der Waals surface area (Å²) in [5.41, 5.74) is 0.353. The van der Waals surface area contributed by atoms with Crippen LogP contribution in [0.3, 0.4) is 0 Å². The number of benzene rings is 1. The second-order valence-corrected chi connectivity index (χ2v) is 7.11. The number of thiazole rings is 1. The van der Waals surface area contributed by atoms with Crippen molar-refractivity contribution in [2.75, 3.05) is 5.75 Å². The highest BCUT2D eigenvalue weighted by Crippen LogP contribution is 2.32. The van der Waals surface area contributed by atoms with Crippen molar-refractivity contribution < 1.29 is 9.90 Å². The van der Waals surface area contributed by atoms with E-state index in [9.17, 15) is 4.79 Å². The highest BCUT2D eigenvalue weighted by atomic mass is 32.2. The Labute approximate surface area is 114 Å². The number of carbonyl (C=O) groups is 1. The molecule has 1 heterocycles. The molecule has 0 aliphatic heterocycles. The number of hydrogen-bond donors (Lipinski definition) is 1. The van der Waals surface area contributed by atoms with E-state index in [4.69, 9.17) is 5.11 Å². The summed E-state index contributed by atoms with van der Waals surface area (Å²) in [6.07, 6.45) is 0.642. The van der Waals surface area contributed by atoms with E-state index < -0.39 is 11.4 Å². The number of thioether (sulfide) groups is 1. The van der Waals surface area contributed by atoms with E-state index in [0.717, 1.165) is 15.6 Å². The zero-order valence-electron chi connectivity index (χ0n) is 10.3. The number of aliphatic carboxylic acids is 1. The number of fused-ring (bicyclic) bond motifs is 1. The zero-order chi connectivity index (χ0) is 13.2. The summed E-state index contributed by atoms with van der Waals surface area (Å²) in [6.45, 7) is 3.52. The predicted octanol–water partition coefficient (Wildman–Crippen LogP) is 3.89.